The molecule has 11 heteroatoms. The number of benzene rings is 2. The van der Waals surface area contributed by atoms with E-state index in [0.29, 0.717) is 0 Å². The van der Waals surface area contributed by atoms with Crippen molar-refractivity contribution in [3.8, 4) is 5.75 Å². The van der Waals surface area contributed by atoms with Crippen molar-refractivity contribution >= 4 is 17.7 Å². The Hall–Kier alpha value is -3.47. The number of hydrogen-bond donors (Lipinski definition) is 3. The van der Waals surface area contributed by atoms with Gasteiger partial charge in [-0.05, 0) is 43.7 Å². The van der Waals surface area contributed by atoms with Gasteiger partial charge in [-0.15, -0.1) is 0 Å². The molecule has 2 aromatic carbocycles. The zero-order valence-electron chi connectivity index (χ0n) is 17.4. The van der Waals surface area contributed by atoms with Crippen LogP contribution in [0.3, 0.4) is 0 Å². The Bertz CT molecular complexity index is 1010. The number of rotatable bonds is 8. The zero-order chi connectivity index (χ0) is 23.4. The smallest absolute Gasteiger partial charge is 0.331 e. The Labute approximate surface area is 182 Å². The number of aliphatic hydroxyl groups excluding tert-OH is 1. The molecule has 1 aliphatic rings. The van der Waals surface area contributed by atoms with Gasteiger partial charge in [-0.3, -0.25) is 10.2 Å². The number of anilines is 1. The Morgan fingerprint density at radius 2 is 1.84 bits per heavy atom. The van der Waals surface area contributed by atoms with E-state index in [1.165, 1.54) is 18.2 Å². The lowest BCUT2D eigenvalue weighted by molar-refractivity contribution is 0.0992. The molecule has 1 fully saturated rings. The van der Waals surface area contributed by atoms with Crippen molar-refractivity contribution < 1.29 is 32.6 Å². The molecule has 0 spiro atoms. The highest BCUT2D eigenvalue weighted by Crippen LogP contribution is 2.24. The van der Waals surface area contributed by atoms with Gasteiger partial charge in [0.2, 0.25) is 0 Å². The molecule has 1 atom stereocenters. The zero-order valence-corrected chi connectivity index (χ0v) is 17.4. The third-order valence-corrected chi connectivity index (χ3v) is 4.55. The highest BCUT2D eigenvalue weighted by atomic mass is 19.2. The fourth-order valence-corrected chi connectivity index (χ4v) is 3.13. The van der Waals surface area contributed by atoms with Crippen LogP contribution in [-0.2, 0) is 6.54 Å². The third-order valence-electron chi connectivity index (χ3n) is 4.55. The van der Waals surface area contributed by atoms with Gasteiger partial charge in [-0.25, -0.2) is 27.7 Å². The molecule has 1 saturated heterocycles. The Morgan fingerprint density at radius 1 is 1.09 bits per heavy atom. The van der Waals surface area contributed by atoms with Crippen molar-refractivity contribution in [2.75, 3.05) is 18.5 Å². The summed E-state index contributed by atoms with van der Waals surface area (Å²) in [6, 6.07) is 5.67. The first kappa shape index (κ1) is 23.2. The van der Waals surface area contributed by atoms with Gasteiger partial charge in [-0.2, -0.15) is 0 Å². The van der Waals surface area contributed by atoms with Crippen LogP contribution in [0.5, 0.6) is 5.75 Å². The summed E-state index contributed by atoms with van der Waals surface area (Å²) in [6.45, 7) is 2.58. The van der Waals surface area contributed by atoms with Crippen molar-refractivity contribution in [3.05, 3.63) is 59.4 Å². The van der Waals surface area contributed by atoms with Gasteiger partial charge < -0.3 is 15.2 Å². The summed E-state index contributed by atoms with van der Waals surface area (Å²) in [6.07, 6.45) is -1.36. The molecule has 0 aliphatic carbocycles. The molecule has 2 aromatic rings. The number of imide groups is 1. The number of urea groups is 2. The van der Waals surface area contributed by atoms with Crippen LogP contribution < -0.4 is 15.4 Å². The molecule has 1 unspecified atom stereocenters. The number of β-amino-alcohol motifs (C(OH)–C–C–N with tert-alkyl or cyclic N) is 1. The molecule has 1 heterocycles. The van der Waals surface area contributed by atoms with Crippen molar-refractivity contribution in [1.82, 2.24) is 15.1 Å². The minimum atomic E-state index is -1.13. The van der Waals surface area contributed by atoms with E-state index in [2.05, 4.69) is 10.6 Å². The molecular weight excluding hydrogens is 429 g/mol. The number of halogens is 3. The first-order chi connectivity index (χ1) is 15.2. The van der Waals surface area contributed by atoms with Crippen LogP contribution >= 0.6 is 0 Å². The SMILES string of the molecule is CC(C)Oc1ccc(NC2NC(=O)N(CCO)C(=O)N2Cc2ccc(F)c(F)c2)cc1F. The molecule has 0 aromatic heterocycles. The van der Waals surface area contributed by atoms with Crippen LogP contribution in [0, 0.1) is 17.5 Å². The van der Waals surface area contributed by atoms with E-state index in [9.17, 15) is 22.8 Å². The first-order valence-corrected chi connectivity index (χ1v) is 9.85. The van der Waals surface area contributed by atoms with Crippen molar-refractivity contribution in [2.24, 2.45) is 0 Å². The summed E-state index contributed by atoms with van der Waals surface area (Å²) in [4.78, 5) is 27.2. The van der Waals surface area contributed by atoms with Crippen molar-refractivity contribution in [3.63, 3.8) is 0 Å². The first-order valence-electron chi connectivity index (χ1n) is 9.85. The number of nitrogens with zero attached hydrogens (tertiary/aromatic N) is 2. The number of hydrogen-bond acceptors (Lipinski definition) is 5. The summed E-state index contributed by atoms with van der Waals surface area (Å²) < 4.78 is 46.6. The topological polar surface area (TPSA) is 94.1 Å². The second-order valence-corrected chi connectivity index (χ2v) is 7.34. The second-order valence-electron chi connectivity index (χ2n) is 7.34. The van der Waals surface area contributed by atoms with Gasteiger partial charge in [-0.1, -0.05) is 6.07 Å². The molecule has 3 N–H and O–H groups in total. The fourth-order valence-electron chi connectivity index (χ4n) is 3.13. The average Bonchev–Trinajstić information content (AvgIpc) is 2.72. The number of carbonyl (C=O) groups is 2. The van der Waals surface area contributed by atoms with Crippen LogP contribution in [0.15, 0.2) is 36.4 Å². The number of nitrogens with one attached hydrogen (secondary N) is 2. The van der Waals surface area contributed by atoms with Crippen LogP contribution in [0.4, 0.5) is 28.4 Å². The van der Waals surface area contributed by atoms with E-state index in [-0.39, 0.29) is 36.2 Å². The number of ether oxygens (including phenoxy) is 1. The molecule has 4 amide bonds. The maximum Gasteiger partial charge on any atom is 0.331 e. The van der Waals surface area contributed by atoms with Crippen molar-refractivity contribution in [1.29, 1.82) is 0 Å². The number of aliphatic hydroxyl groups is 1. The van der Waals surface area contributed by atoms with Crippen LogP contribution in [0.25, 0.3) is 0 Å². The Morgan fingerprint density at radius 3 is 2.47 bits per heavy atom. The van der Waals surface area contributed by atoms with E-state index in [1.807, 2.05) is 0 Å². The monoisotopic (exact) mass is 452 g/mol. The summed E-state index contributed by atoms with van der Waals surface area (Å²) in [7, 11) is 0. The predicted molar refractivity (Wildman–Crippen MR) is 109 cm³/mol. The van der Waals surface area contributed by atoms with E-state index in [4.69, 9.17) is 9.84 Å². The van der Waals surface area contributed by atoms with Gasteiger partial charge in [0, 0.05) is 11.8 Å². The average molecular weight is 452 g/mol. The summed E-state index contributed by atoms with van der Waals surface area (Å²) in [5.74, 6) is -2.73. The summed E-state index contributed by atoms with van der Waals surface area (Å²) in [5.41, 5.74) is 0.499. The van der Waals surface area contributed by atoms with E-state index in [0.717, 1.165) is 28.0 Å². The number of amides is 4. The molecule has 0 saturated carbocycles. The standard InChI is InChI=1S/C21H23F3N4O4/c1-12(2)32-18-6-4-14(10-17(18)24)25-19-26-20(30)27(7-8-29)21(31)28(19)11-13-3-5-15(22)16(23)9-13/h3-6,9-10,12,19,25,29H,7-8,11H2,1-2H3,(H,26,30). The molecule has 8 nitrogen and oxygen atoms in total. The van der Waals surface area contributed by atoms with E-state index >= 15 is 0 Å². The van der Waals surface area contributed by atoms with Gasteiger partial charge in [0.15, 0.2) is 29.5 Å². The lowest BCUT2D eigenvalue weighted by atomic mass is 10.2. The van der Waals surface area contributed by atoms with E-state index < -0.39 is 42.4 Å². The van der Waals surface area contributed by atoms with Crippen LogP contribution in [0.1, 0.15) is 19.4 Å². The molecule has 3 rings (SSSR count). The Balaban J connectivity index is 1.87. The molecule has 32 heavy (non-hydrogen) atoms. The lowest BCUT2D eigenvalue weighted by Gasteiger charge is -2.41. The molecule has 0 bridgehead atoms. The quantitative estimate of drug-likeness (QED) is 0.572. The third kappa shape index (κ3) is 5.22. The van der Waals surface area contributed by atoms with Crippen LogP contribution in [0.2, 0.25) is 0 Å². The van der Waals surface area contributed by atoms with Crippen LogP contribution in [-0.4, -0.2) is 52.5 Å². The lowest BCUT2D eigenvalue weighted by Crippen LogP contribution is -2.67. The number of carbonyl (C=O) groups excluding carboxylic acids is 2. The minimum absolute atomic E-state index is 0.0436. The predicted octanol–water partition coefficient (Wildman–Crippen LogP) is 3.23. The highest BCUT2D eigenvalue weighted by molar-refractivity contribution is 5.96. The molecule has 172 valence electrons. The highest BCUT2D eigenvalue weighted by Gasteiger charge is 2.38. The normalized spacial score (nSPS) is 16.4. The maximum atomic E-state index is 14.4. The Kier molecular flexibility index (Phi) is 7.08. The van der Waals surface area contributed by atoms with E-state index in [1.54, 1.807) is 13.8 Å². The van der Waals surface area contributed by atoms with Gasteiger partial charge in [0.1, 0.15) is 0 Å². The summed E-state index contributed by atoms with van der Waals surface area (Å²) in [5, 5.41) is 14.5. The van der Waals surface area contributed by atoms with Gasteiger partial charge >= 0.3 is 12.1 Å². The summed E-state index contributed by atoms with van der Waals surface area (Å²) >= 11 is 0. The maximum absolute atomic E-state index is 14.4. The second kappa shape index (κ2) is 9.77. The largest absolute Gasteiger partial charge is 0.488 e. The van der Waals surface area contributed by atoms with Gasteiger partial charge in [0.05, 0.1) is 25.8 Å². The molecule has 1 aliphatic heterocycles. The van der Waals surface area contributed by atoms with Crippen molar-refractivity contribution in [2.45, 2.75) is 32.8 Å². The molecule has 0 radical (unpaired) electrons. The fraction of sp³-hybridized carbons (Fsp3) is 0.333. The minimum Gasteiger partial charge on any atom is -0.488 e. The molecular formula is C21H23F3N4O4. The van der Waals surface area contributed by atoms with Gasteiger partial charge in [0.25, 0.3) is 0 Å².